The molecule has 0 saturated carbocycles. The summed E-state index contributed by atoms with van der Waals surface area (Å²) in [5.74, 6) is 0. The molecule has 0 fully saturated rings. The fourth-order valence-electron chi connectivity index (χ4n) is 2.49. The van der Waals surface area contributed by atoms with Crippen molar-refractivity contribution >= 4 is 0 Å². The molecule has 0 aliphatic rings. The second kappa shape index (κ2) is 6.02. The largest absolute Gasteiger partial charge is 0.324 e. The molecule has 0 aliphatic carbocycles. The summed E-state index contributed by atoms with van der Waals surface area (Å²) >= 11 is 0. The van der Waals surface area contributed by atoms with Gasteiger partial charge in [-0.2, -0.15) is 5.10 Å². The minimum Gasteiger partial charge on any atom is -0.324 e. The zero-order valence-corrected chi connectivity index (χ0v) is 12.1. The molecule has 0 radical (unpaired) electrons. The van der Waals surface area contributed by atoms with Crippen molar-refractivity contribution < 1.29 is 0 Å². The van der Waals surface area contributed by atoms with Crippen LogP contribution < -0.4 is 5.73 Å². The van der Waals surface area contributed by atoms with Crippen molar-refractivity contribution in [1.29, 1.82) is 0 Å². The molecule has 19 heavy (non-hydrogen) atoms. The number of hydrogen-bond donors (Lipinski definition) is 1. The van der Waals surface area contributed by atoms with E-state index < -0.39 is 0 Å². The molecule has 2 rings (SSSR count). The topological polar surface area (TPSA) is 43.8 Å². The number of rotatable bonds is 5. The monoisotopic (exact) mass is 257 g/mol. The van der Waals surface area contributed by atoms with Gasteiger partial charge in [0, 0.05) is 25.2 Å². The van der Waals surface area contributed by atoms with E-state index in [1.807, 2.05) is 11.7 Å². The van der Waals surface area contributed by atoms with E-state index in [0.29, 0.717) is 0 Å². The van der Waals surface area contributed by atoms with Gasteiger partial charge in [0.1, 0.15) is 0 Å². The Kier molecular flexibility index (Phi) is 4.38. The lowest BCUT2D eigenvalue weighted by molar-refractivity contribution is 0.634. The third-order valence-corrected chi connectivity index (χ3v) is 3.65. The van der Waals surface area contributed by atoms with Gasteiger partial charge in [0.15, 0.2) is 0 Å². The SMILES string of the molecule is CCc1cc(CC(N)c2ccccc2CC)n(C)n1. The van der Waals surface area contributed by atoms with Crippen LogP contribution in [-0.2, 0) is 26.3 Å². The van der Waals surface area contributed by atoms with E-state index in [0.717, 1.165) is 25.0 Å². The molecule has 3 nitrogen and oxygen atoms in total. The maximum Gasteiger partial charge on any atom is 0.0624 e. The minimum atomic E-state index is 0.0382. The standard InChI is InChI=1S/C16H23N3/c1-4-12-8-6-7-9-15(12)16(17)11-14-10-13(5-2)18-19(14)3/h6-10,16H,4-5,11,17H2,1-3H3. The van der Waals surface area contributed by atoms with Gasteiger partial charge in [0.25, 0.3) is 0 Å². The van der Waals surface area contributed by atoms with E-state index in [-0.39, 0.29) is 6.04 Å². The van der Waals surface area contributed by atoms with Gasteiger partial charge in [-0.1, -0.05) is 38.1 Å². The molecule has 1 unspecified atom stereocenters. The summed E-state index contributed by atoms with van der Waals surface area (Å²) in [5, 5.41) is 4.48. The Morgan fingerprint density at radius 3 is 2.58 bits per heavy atom. The number of aromatic nitrogens is 2. The lowest BCUT2D eigenvalue weighted by atomic mass is 9.96. The maximum atomic E-state index is 6.38. The van der Waals surface area contributed by atoms with Crippen LogP contribution in [0.3, 0.4) is 0 Å². The van der Waals surface area contributed by atoms with Crippen molar-refractivity contribution in [2.24, 2.45) is 12.8 Å². The van der Waals surface area contributed by atoms with Gasteiger partial charge >= 0.3 is 0 Å². The number of aryl methyl sites for hydroxylation is 3. The van der Waals surface area contributed by atoms with Crippen LogP contribution in [0.25, 0.3) is 0 Å². The van der Waals surface area contributed by atoms with Crippen molar-refractivity contribution in [3.05, 3.63) is 52.8 Å². The van der Waals surface area contributed by atoms with Gasteiger partial charge in [-0.25, -0.2) is 0 Å². The molecule has 0 saturated heterocycles. The van der Waals surface area contributed by atoms with Crippen LogP contribution in [0, 0.1) is 0 Å². The second-order valence-corrected chi connectivity index (χ2v) is 4.97. The fraction of sp³-hybridized carbons (Fsp3) is 0.438. The van der Waals surface area contributed by atoms with E-state index >= 15 is 0 Å². The van der Waals surface area contributed by atoms with E-state index in [2.05, 4.69) is 49.3 Å². The Morgan fingerprint density at radius 2 is 1.95 bits per heavy atom. The van der Waals surface area contributed by atoms with Crippen LogP contribution in [0.1, 0.15) is 42.4 Å². The second-order valence-electron chi connectivity index (χ2n) is 4.97. The Hall–Kier alpha value is -1.61. The molecule has 102 valence electrons. The number of nitrogens with zero attached hydrogens (tertiary/aromatic N) is 2. The van der Waals surface area contributed by atoms with Crippen LogP contribution in [0.2, 0.25) is 0 Å². The van der Waals surface area contributed by atoms with Crippen molar-refractivity contribution in [2.45, 2.75) is 39.2 Å². The van der Waals surface area contributed by atoms with Crippen molar-refractivity contribution in [3.8, 4) is 0 Å². The van der Waals surface area contributed by atoms with Crippen LogP contribution in [0.4, 0.5) is 0 Å². The first kappa shape index (κ1) is 13.8. The fourth-order valence-corrected chi connectivity index (χ4v) is 2.49. The molecule has 2 N–H and O–H groups in total. The molecular weight excluding hydrogens is 234 g/mol. The first-order valence-corrected chi connectivity index (χ1v) is 7.00. The molecule has 3 heteroatoms. The highest BCUT2D eigenvalue weighted by molar-refractivity contribution is 5.31. The third kappa shape index (κ3) is 3.04. The zero-order chi connectivity index (χ0) is 13.8. The summed E-state index contributed by atoms with van der Waals surface area (Å²) in [5.41, 5.74) is 11.3. The Morgan fingerprint density at radius 1 is 1.21 bits per heavy atom. The first-order chi connectivity index (χ1) is 9.15. The Balaban J connectivity index is 2.20. The summed E-state index contributed by atoms with van der Waals surface area (Å²) in [6.07, 6.45) is 2.82. The molecule has 0 spiro atoms. The summed E-state index contributed by atoms with van der Waals surface area (Å²) < 4.78 is 1.95. The quantitative estimate of drug-likeness (QED) is 0.895. The molecular formula is C16H23N3. The molecule has 1 aromatic heterocycles. The lowest BCUT2D eigenvalue weighted by Gasteiger charge is -2.15. The Bertz CT molecular complexity index is 543. The van der Waals surface area contributed by atoms with E-state index in [9.17, 15) is 0 Å². The van der Waals surface area contributed by atoms with Gasteiger partial charge in [0.05, 0.1) is 5.69 Å². The van der Waals surface area contributed by atoms with Crippen LogP contribution in [0.5, 0.6) is 0 Å². The molecule has 1 heterocycles. The normalized spacial score (nSPS) is 12.6. The van der Waals surface area contributed by atoms with Crippen LogP contribution in [-0.4, -0.2) is 9.78 Å². The van der Waals surface area contributed by atoms with E-state index in [1.54, 1.807) is 0 Å². The van der Waals surface area contributed by atoms with Crippen LogP contribution >= 0.6 is 0 Å². The summed E-state index contributed by atoms with van der Waals surface area (Å²) in [4.78, 5) is 0. The van der Waals surface area contributed by atoms with Gasteiger partial charge in [0.2, 0.25) is 0 Å². The Labute approximate surface area is 115 Å². The number of nitrogens with two attached hydrogens (primary N) is 1. The van der Waals surface area contributed by atoms with Gasteiger partial charge < -0.3 is 5.73 Å². The first-order valence-electron chi connectivity index (χ1n) is 7.00. The molecule has 2 aromatic rings. The smallest absolute Gasteiger partial charge is 0.0624 e. The van der Waals surface area contributed by atoms with Gasteiger partial charge in [-0.3, -0.25) is 4.68 Å². The molecule has 0 bridgehead atoms. The van der Waals surface area contributed by atoms with Crippen LogP contribution in [0.15, 0.2) is 30.3 Å². The molecule has 1 aromatic carbocycles. The van der Waals surface area contributed by atoms with E-state index in [4.69, 9.17) is 5.73 Å². The van der Waals surface area contributed by atoms with Crippen molar-refractivity contribution in [1.82, 2.24) is 9.78 Å². The molecule has 1 atom stereocenters. The van der Waals surface area contributed by atoms with Gasteiger partial charge in [-0.15, -0.1) is 0 Å². The summed E-state index contributed by atoms with van der Waals surface area (Å²) in [7, 11) is 1.99. The minimum absolute atomic E-state index is 0.0382. The van der Waals surface area contributed by atoms with Crippen molar-refractivity contribution in [3.63, 3.8) is 0 Å². The highest BCUT2D eigenvalue weighted by Gasteiger charge is 2.13. The lowest BCUT2D eigenvalue weighted by Crippen LogP contribution is -2.17. The average molecular weight is 257 g/mol. The summed E-state index contributed by atoms with van der Waals surface area (Å²) in [6, 6.07) is 10.6. The highest BCUT2D eigenvalue weighted by atomic mass is 15.3. The molecule has 0 amide bonds. The third-order valence-electron chi connectivity index (χ3n) is 3.65. The highest BCUT2D eigenvalue weighted by Crippen LogP contribution is 2.20. The summed E-state index contributed by atoms with van der Waals surface area (Å²) in [6.45, 7) is 4.29. The maximum absolute atomic E-state index is 6.38. The zero-order valence-electron chi connectivity index (χ0n) is 12.1. The molecule has 0 aliphatic heterocycles. The predicted octanol–water partition coefficient (Wildman–Crippen LogP) is 2.79. The van der Waals surface area contributed by atoms with Gasteiger partial charge in [-0.05, 0) is 30.0 Å². The number of hydrogen-bond acceptors (Lipinski definition) is 2. The number of benzene rings is 1. The van der Waals surface area contributed by atoms with Crippen molar-refractivity contribution in [2.75, 3.05) is 0 Å². The predicted molar refractivity (Wildman–Crippen MR) is 79.0 cm³/mol. The average Bonchev–Trinajstić information content (AvgIpc) is 2.79. The van der Waals surface area contributed by atoms with E-state index in [1.165, 1.54) is 16.8 Å².